The van der Waals surface area contributed by atoms with Crippen molar-refractivity contribution in [3.05, 3.63) is 0 Å². The predicted octanol–water partition coefficient (Wildman–Crippen LogP) is -0.463. The zero-order valence-corrected chi connectivity index (χ0v) is 16.7. The van der Waals surface area contributed by atoms with Gasteiger partial charge >= 0.3 is 5.97 Å². The minimum absolute atomic E-state index is 0.101. The number of hydrogen-bond acceptors (Lipinski definition) is 6. The van der Waals surface area contributed by atoms with E-state index in [2.05, 4.69) is 10.4 Å². The third-order valence-corrected chi connectivity index (χ3v) is 4.78. The van der Waals surface area contributed by atoms with Crippen LogP contribution in [0.2, 0.25) is 0 Å². The van der Waals surface area contributed by atoms with E-state index in [4.69, 9.17) is 16.7 Å². The second-order valence-corrected chi connectivity index (χ2v) is 7.21. The lowest BCUT2D eigenvalue weighted by Gasteiger charge is -2.31. The number of rotatable bonds is 12. The van der Waals surface area contributed by atoms with E-state index in [9.17, 15) is 14.4 Å². The Labute approximate surface area is 166 Å². The van der Waals surface area contributed by atoms with E-state index in [1.54, 1.807) is 6.34 Å². The second kappa shape index (κ2) is 12.9. The van der Waals surface area contributed by atoms with E-state index in [-0.39, 0.29) is 31.2 Å². The van der Waals surface area contributed by atoms with Gasteiger partial charge in [0.25, 0.3) is 0 Å². The van der Waals surface area contributed by atoms with Crippen LogP contribution in [-0.4, -0.2) is 77.8 Å². The lowest BCUT2D eigenvalue weighted by atomic mass is 9.98. The van der Waals surface area contributed by atoms with Crippen LogP contribution in [0.5, 0.6) is 0 Å². The Balaban J connectivity index is 2.45. The smallest absolute Gasteiger partial charge is 0.305 e. The Morgan fingerprint density at radius 1 is 1.39 bits per heavy atom. The zero-order chi connectivity index (χ0) is 20.9. The number of carbonyl (C=O) groups excluding carboxylic acids is 2. The molecule has 1 rings (SSSR count). The van der Waals surface area contributed by atoms with Gasteiger partial charge in [-0.15, -0.1) is 0 Å². The molecule has 0 unspecified atom stereocenters. The van der Waals surface area contributed by atoms with Crippen molar-refractivity contribution in [1.29, 1.82) is 0 Å². The monoisotopic (exact) mass is 398 g/mol. The molecule has 6 N–H and O–H groups in total. The number of aliphatic carboxylic acids is 1. The zero-order valence-electron chi connectivity index (χ0n) is 16.7. The summed E-state index contributed by atoms with van der Waals surface area (Å²) in [6.45, 7) is 4.70. The van der Waals surface area contributed by atoms with Crippen molar-refractivity contribution in [2.24, 2.45) is 22.6 Å². The first kappa shape index (κ1) is 23.7. The standard InChI is InChI=1S/C18H34N6O4/c1-2-3-8-24(9-6-17(26)27)18(28)15(19)10-16(25)21-11-14-5-4-7-23(12-14)13-22-20/h13-15H,2-12,19-20H2,1H3,(H,21,25)(H,26,27)/t14-,15-/m0/s1. The maximum atomic E-state index is 12.5. The summed E-state index contributed by atoms with van der Waals surface area (Å²) in [6.07, 6.45) is 4.98. The van der Waals surface area contributed by atoms with Crippen LogP contribution in [-0.2, 0) is 14.4 Å². The van der Waals surface area contributed by atoms with Crippen LogP contribution in [0, 0.1) is 5.92 Å². The maximum Gasteiger partial charge on any atom is 0.305 e. The van der Waals surface area contributed by atoms with Gasteiger partial charge in [-0.2, -0.15) is 5.10 Å². The summed E-state index contributed by atoms with van der Waals surface area (Å²) in [5.41, 5.74) is 5.93. The molecule has 10 nitrogen and oxygen atoms in total. The van der Waals surface area contributed by atoms with Crippen LogP contribution < -0.4 is 16.9 Å². The van der Waals surface area contributed by atoms with E-state index >= 15 is 0 Å². The van der Waals surface area contributed by atoms with E-state index in [1.165, 1.54) is 4.90 Å². The number of hydrazone groups is 1. The molecule has 0 aliphatic carbocycles. The van der Waals surface area contributed by atoms with Crippen molar-refractivity contribution >= 4 is 24.1 Å². The number of nitrogens with two attached hydrogens (primary N) is 2. The number of hydrogen-bond donors (Lipinski definition) is 4. The van der Waals surface area contributed by atoms with Gasteiger partial charge in [0.1, 0.15) is 6.34 Å². The van der Waals surface area contributed by atoms with Gasteiger partial charge in [0, 0.05) is 32.7 Å². The molecule has 0 saturated carbocycles. The number of unbranched alkanes of at least 4 members (excludes halogenated alkanes) is 1. The average molecular weight is 399 g/mol. The predicted molar refractivity (Wildman–Crippen MR) is 106 cm³/mol. The van der Waals surface area contributed by atoms with Gasteiger partial charge in [0.2, 0.25) is 11.8 Å². The van der Waals surface area contributed by atoms with Gasteiger partial charge in [0.05, 0.1) is 18.9 Å². The van der Waals surface area contributed by atoms with Crippen LogP contribution >= 0.6 is 0 Å². The Bertz CT molecular complexity index is 542. The quantitative estimate of drug-likeness (QED) is 0.150. The molecule has 28 heavy (non-hydrogen) atoms. The van der Waals surface area contributed by atoms with E-state index in [1.807, 2.05) is 11.8 Å². The van der Waals surface area contributed by atoms with Crippen LogP contribution in [0.4, 0.5) is 0 Å². The van der Waals surface area contributed by atoms with Gasteiger partial charge in [0.15, 0.2) is 0 Å². The van der Waals surface area contributed by atoms with Crippen molar-refractivity contribution < 1.29 is 19.5 Å². The Morgan fingerprint density at radius 3 is 2.79 bits per heavy atom. The number of nitrogens with zero attached hydrogens (tertiary/aromatic N) is 3. The molecular formula is C18H34N6O4. The minimum Gasteiger partial charge on any atom is -0.481 e. The third kappa shape index (κ3) is 9.03. The summed E-state index contributed by atoms with van der Waals surface area (Å²) in [4.78, 5) is 39.0. The van der Waals surface area contributed by atoms with Gasteiger partial charge in [-0.25, -0.2) is 0 Å². The van der Waals surface area contributed by atoms with Crippen LogP contribution in [0.25, 0.3) is 0 Å². The SMILES string of the molecule is CCCCN(CCC(=O)O)C(=O)[C@@H](N)CC(=O)NC[C@@H]1CCCN(C=NN)C1. The van der Waals surface area contributed by atoms with Crippen molar-refractivity contribution in [3.8, 4) is 0 Å². The molecular weight excluding hydrogens is 364 g/mol. The molecule has 0 aromatic carbocycles. The van der Waals surface area contributed by atoms with Crippen LogP contribution in [0.15, 0.2) is 5.10 Å². The Kier molecular flexibility index (Phi) is 10.9. The summed E-state index contributed by atoms with van der Waals surface area (Å²) in [5, 5.41) is 15.2. The van der Waals surface area contributed by atoms with Crippen LogP contribution in [0.3, 0.4) is 0 Å². The molecule has 0 aromatic heterocycles. The molecule has 1 saturated heterocycles. The largest absolute Gasteiger partial charge is 0.481 e. The Hall–Kier alpha value is -2.36. The van der Waals surface area contributed by atoms with Crippen molar-refractivity contribution in [2.45, 2.75) is 51.5 Å². The number of carbonyl (C=O) groups is 3. The number of carboxylic acids is 1. The van der Waals surface area contributed by atoms with E-state index in [0.717, 1.165) is 38.8 Å². The van der Waals surface area contributed by atoms with Crippen molar-refractivity contribution in [3.63, 3.8) is 0 Å². The fourth-order valence-electron chi connectivity index (χ4n) is 3.23. The molecule has 1 aliphatic heterocycles. The highest BCUT2D eigenvalue weighted by Crippen LogP contribution is 2.14. The summed E-state index contributed by atoms with van der Waals surface area (Å²) >= 11 is 0. The molecule has 0 spiro atoms. The number of likely N-dealkylation sites (tertiary alicyclic amines) is 1. The van der Waals surface area contributed by atoms with Gasteiger partial charge in [-0.3, -0.25) is 14.4 Å². The van der Waals surface area contributed by atoms with Crippen molar-refractivity contribution in [1.82, 2.24) is 15.1 Å². The maximum absolute atomic E-state index is 12.5. The first-order chi connectivity index (χ1) is 13.4. The van der Waals surface area contributed by atoms with Crippen molar-refractivity contribution in [2.75, 3.05) is 32.7 Å². The van der Waals surface area contributed by atoms with Gasteiger partial charge < -0.3 is 31.8 Å². The average Bonchev–Trinajstić information content (AvgIpc) is 2.66. The summed E-state index contributed by atoms with van der Waals surface area (Å²) in [5.74, 6) is 3.84. The summed E-state index contributed by atoms with van der Waals surface area (Å²) < 4.78 is 0. The highest BCUT2D eigenvalue weighted by molar-refractivity contribution is 5.88. The first-order valence-electron chi connectivity index (χ1n) is 9.87. The molecule has 2 atom stereocenters. The van der Waals surface area contributed by atoms with Crippen LogP contribution in [0.1, 0.15) is 45.4 Å². The first-order valence-corrected chi connectivity index (χ1v) is 9.87. The molecule has 160 valence electrons. The molecule has 0 aromatic rings. The fraction of sp³-hybridized carbons (Fsp3) is 0.778. The molecule has 1 fully saturated rings. The highest BCUT2D eigenvalue weighted by Gasteiger charge is 2.24. The number of piperidine rings is 1. The topological polar surface area (TPSA) is 154 Å². The summed E-state index contributed by atoms with van der Waals surface area (Å²) in [7, 11) is 0. The number of nitrogens with one attached hydrogen (secondary N) is 1. The molecule has 10 heteroatoms. The number of carboxylic acid groups (broad SMARTS) is 1. The molecule has 0 radical (unpaired) electrons. The number of amides is 2. The fourth-order valence-corrected chi connectivity index (χ4v) is 3.23. The second-order valence-electron chi connectivity index (χ2n) is 7.21. The lowest BCUT2D eigenvalue weighted by molar-refractivity contribution is -0.139. The molecule has 1 heterocycles. The molecule has 2 amide bonds. The normalized spacial score (nSPS) is 18.1. The Morgan fingerprint density at radius 2 is 2.14 bits per heavy atom. The highest BCUT2D eigenvalue weighted by atomic mass is 16.4. The van der Waals surface area contributed by atoms with E-state index < -0.39 is 12.0 Å². The van der Waals surface area contributed by atoms with Gasteiger partial charge in [-0.1, -0.05) is 13.3 Å². The summed E-state index contributed by atoms with van der Waals surface area (Å²) in [6, 6.07) is -0.974. The molecule has 0 bridgehead atoms. The lowest BCUT2D eigenvalue weighted by Crippen LogP contribution is -2.48. The van der Waals surface area contributed by atoms with Gasteiger partial charge in [-0.05, 0) is 25.2 Å². The van der Waals surface area contributed by atoms with E-state index in [0.29, 0.717) is 19.0 Å². The molecule has 1 aliphatic rings. The minimum atomic E-state index is -0.974. The third-order valence-electron chi connectivity index (χ3n) is 4.78.